The third kappa shape index (κ3) is 4.83. The first kappa shape index (κ1) is 18.0. The van der Waals surface area contributed by atoms with Crippen molar-refractivity contribution in [3.63, 3.8) is 0 Å². The number of benzene rings is 2. The summed E-state index contributed by atoms with van der Waals surface area (Å²) in [6, 6.07) is 17.1. The zero-order valence-electron chi connectivity index (χ0n) is 14.7. The van der Waals surface area contributed by atoms with Gasteiger partial charge in [0.1, 0.15) is 5.69 Å². The Morgan fingerprint density at radius 1 is 0.962 bits per heavy atom. The molecule has 132 valence electrons. The van der Waals surface area contributed by atoms with Gasteiger partial charge in [-0.25, -0.2) is 4.98 Å². The summed E-state index contributed by atoms with van der Waals surface area (Å²) in [6.45, 7) is 4.66. The van der Waals surface area contributed by atoms with Crippen molar-refractivity contribution in [2.24, 2.45) is 0 Å². The van der Waals surface area contributed by atoms with E-state index in [1.807, 2.05) is 56.3 Å². The summed E-state index contributed by atoms with van der Waals surface area (Å²) in [7, 11) is 0. The summed E-state index contributed by atoms with van der Waals surface area (Å²) in [4.78, 5) is 16.6. The highest BCUT2D eigenvalue weighted by molar-refractivity contribution is 6.30. The van der Waals surface area contributed by atoms with Gasteiger partial charge in [0.15, 0.2) is 0 Å². The number of pyridine rings is 1. The smallest absolute Gasteiger partial charge is 0.274 e. The topological polar surface area (TPSA) is 54.0 Å². The number of anilines is 2. The molecule has 26 heavy (non-hydrogen) atoms. The highest BCUT2D eigenvalue weighted by atomic mass is 35.5. The minimum Gasteiger partial charge on any atom is -0.380 e. The number of aromatic nitrogens is 1. The molecule has 0 saturated carbocycles. The van der Waals surface area contributed by atoms with E-state index in [1.54, 1.807) is 12.3 Å². The van der Waals surface area contributed by atoms with Crippen LogP contribution in [0.25, 0.3) is 0 Å². The zero-order chi connectivity index (χ0) is 18.5. The predicted octanol–water partition coefficient (Wildman–Crippen LogP) is 5.22. The molecule has 0 aliphatic carbocycles. The quantitative estimate of drug-likeness (QED) is 0.652. The fourth-order valence-corrected chi connectivity index (χ4v) is 2.81. The second-order valence-corrected chi connectivity index (χ2v) is 6.68. The summed E-state index contributed by atoms with van der Waals surface area (Å²) in [5.74, 6) is -0.223. The summed E-state index contributed by atoms with van der Waals surface area (Å²) >= 11 is 5.88. The lowest BCUT2D eigenvalue weighted by Gasteiger charge is -2.09. The molecule has 0 aliphatic heterocycles. The molecule has 4 nitrogen and oxygen atoms in total. The fraction of sp³-hybridized carbons (Fsp3) is 0.143. The maximum atomic E-state index is 12.4. The van der Waals surface area contributed by atoms with Crippen molar-refractivity contribution in [2.45, 2.75) is 20.4 Å². The van der Waals surface area contributed by atoms with Crippen molar-refractivity contribution in [1.29, 1.82) is 0 Å². The van der Waals surface area contributed by atoms with Gasteiger partial charge in [0.2, 0.25) is 0 Å². The number of carbonyl (C=O) groups is 1. The van der Waals surface area contributed by atoms with Crippen molar-refractivity contribution in [1.82, 2.24) is 4.98 Å². The summed E-state index contributed by atoms with van der Waals surface area (Å²) in [6.07, 6.45) is 1.66. The van der Waals surface area contributed by atoms with Gasteiger partial charge in [0.25, 0.3) is 5.91 Å². The third-order valence-electron chi connectivity index (χ3n) is 3.89. The molecule has 3 aromatic rings. The van der Waals surface area contributed by atoms with Crippen LogP contribution in [0.1, 0.15) is 27.2 Å². The molecule has 5 heteroatoms. The molecule has 0 radical (unpaired) electrons. The van der Waals surface area contributed by atoms with Crippen LogP contribution in [-0.4, -0.2) is 10.9 Å². The van der Waals surface area contributed by atoms with Crippen LogP contribution >= 0.6 is 11.6 Å². The Morgan fingerprint density at radius 2 is 1.65 bits per heavy atom. The number of amides is 1. The molecule has 0 atom stereocenters. The van der Waals surface area contributed by atoms with Gasteiger partial charge < -0.3 is 10.6 Å². The van der Waals surface area contributed by atoms with E-state index in [9.17, 15) is 4.79 Å². The van der Waals surface area contributed by atoms with Crippen molar-refractivity contribution < 1.29 is 4.79 Å². The first-order chi connectivity index (χ1) is 12.5. The standard InChI is InChI=1S/C21H20ClN3O/c1-14-9-15(2)11-19(10-14)25-21(26)20-8-7-18(13-24-20)23-12-16-3-5-17(22)6-4-16/h3-11,13,23H,12H2,1-2H3,(H,25,26). The SMILES string of the molecule is Cc1cc(C)cc(NC(=O)c2ccc(NCc3ccc(Cl)cc3)cn2)c1. The molecule has 1 heterocycles. The molecule has 0 aliphatic rings. The largest absolute Gasteiger partial charge is 0.380 e. The van der Waals surface area contributed by atoms with Crippen LogP contribution in [0.2, 0.25) is 5.02 Å². The van der Waals surface area contributed by atoms with Crippen LogP contribution in [-0.2, 0) is 6.54 Å². The first-order valence-corrected chi connectivity index (χ1v) is 8.71. The molecule has 0 bridgehead atoms. The molecule has 1 aromatic heterocycles. The minimum atomic E-state index is -0.223. The third-order valence-corrected chi connectivity index (χ3v) is 4.14. The van der Waals surface area contributed by atoms with Crippen LogP contribution in [0.4, 0.5) is 11.4 Å². The lowest BCUT2D eigenvalue weighted by Crippen LogP contribution is -2.14. The van der Waals surface area contributed by atoms with Crippen molar-refractivity contribution in [3.05, 3.63) is 88.2 Å². The highest BCUT2D eigenvalue weighted by Gasteiger charge is 2.08. The lowest BCUT2D eigenvalue weighted by molar-refractivity contribution is 0.102. The normalized spacial score (nSPS) is 10.4. The van der Waals surface area contributed by atoms with E-state index in [4.69, 9.17) is 11.6 Å². The van der Waals surface area contributed by atoms with Crippen molar-refractivity contribution in [2.75, 3.05) is 10.6 Å². The number of rotatable bonds is 5. The Bertz CT molecular complexity index is 885. The van der Waals surface area contributed by atoms with Gasteiger partial charge in [-0.3, -0.25) is 4.79 Å². The summed E-state index contributed by atoms with van der Waals surface area (Å²) in [5.41, 5.74) is 5.33. The molecule has 0 unspecified atom stereocenters. The van der Waals surface area contributed by atoms with Gasteiger partial charge in [-0.2, -0.15) is 0 Å². The Hall–Kier alpha value is -2.85. The minimum absolute atomic E-state index is 0.223. The molecule has 0 spiro atoms. The van der Waals surface area contributed by atoms with Crippen LogP contribution in [0.3, 0.4) is 0 Å². The molecule has 3 rings (SSSR count). The average molecular weight is 366 g/mol. The van der Waals surface area contributed by atoms with Crippen LogP contribution in [0, 0.1) is 13.8 Å². The Morgan fingerprint density at radius 3 is 2.27 bits per heavy atom. The Labute approximate surface area is 158 Å². The van der Waals surface area contributed by atoms with Crippen LogP contribution < -0.4 is 10.6 Å². The van der Waals surface area contributed by atoms with Gasteiger partial charge in [0.05, 0.1) is 11.9 Å². The Kier molecular flexibility index (Phi) is 5.54. The molecular weight excluding hydrogens is 346 g/mol. The van der Waals surface area contributed by atoms with E-state index in [-0.39, 0.29) is 5.91 Å². The van der Waals surface area contributed by atoms with E-state index >= 15 is 0 Å². The molecule has 2 N–H and O–H groups in total. The van der Waals surface area contributed by atoms with E-state index in [0.29, 0.717) is 12.2 Å². The number of hydrogen-bond donors (Lipinski definition) is 2. The highest BCUT2D eigenvalue weighted by Crippen LogP contribution is 2.16. The van der Waals surface area contributed by atoms with Gasteiger partial charge in [-0.1, -0.05) is 29.8 Å². The van der Waals surface area contributed by atoms with E-state index in [2.05, 4.69) is 21.7 Å². The van der Waals surface area contributed by atoms with E-state index < -0.39 is 0 Å². The number of nitrogens with one attached hydrogen (secondary N) is 2. The van der Waals surface area contributed by atoms with E-state index in [0.717, 1.165) is 33.1 Å². The molecule has 0 fully saturated rings. The molecule has 1 amide bonds. The number of aryl methyl sites for hydroxylation is 2. The van der Waals surface area contributed by atoms with Crippen molar-refractivity contribution >= 4 is 28.9 Å². The maximum absolute atomic E-state index is 12.4. The van der Waals surface area contributed by atoms with Crippen LogP contribution in [0.15, 0.2) is 60.8 Å². The summed E-state index contributed by atoms with van der Waals surface area (Å²) in [5, 5.41) is 6.88. The van der Waals surface area contributed by atoms with Gasteiger partial charge >= 0.3 is 0 Å². The molecule has 2 aromatic carbocycles. The number of hydrogen-bond acceptors (Lipinski definition) is 3. The Balaban J connectivity index is 1.61. The van der Waals surface area contributed by atoms with Gasteiger partial charge in [-0.05, 0) is 66.9 Å². The summed E-state index contributed by atoms with van der Waals surface area (Å²) < 4.78 is 0. The van der Waals surface area contributed by atoms with Crippen molar-refractivity contribution in [3.8, 4) is 0 Å². The number of carbonyl (C=O) groups excluding carboxylic acids is 1. The predicted molar refractivity (Wildman–Crippen MR) is 107 cm³/mol. The zero-order valence-corrected chi connectivity index (χ0v) is 15.5. The maximum Gasteiger partial charge on any atom is 0.274 e. The second kappa shape index (κ2) is 8.02. The van der Waals surface area contributed by atoms with E-state index in [1.165, 1.54) is 0 Å². The molecular formula is C21H20ClN3O. The number of halogens is 1. The lowest BCUT2D eigenvalue weighted by atomic mass is 10.1. The fourth-order valence-electron chi connectivity index (χ4n) is 2.68. The van der Waals surface area contributed by atoms with Gasteiger partial charge in [-0.15, -0.1) is 0 Å². The molecule has 0 saturated heterocycles. The average Bonchev–Trinajstić information content (AvgIpc) is 2.61. The monoisotopic (exact) mass is 365 g/mol. The second-order valence-electron chi connectivity index (χ2n) is 6.24. The van der Waals surface area contributed by atoms with Gasteiger partial charge in [0, 0.05) is 17.3 Å². The van der Waals surface area contributed by atoms with Crippen LogP contribution in [0.5, 0.6) is 0 Å². The first-order valence-electron chi connectivity index (χ1n) is 8.33. The number of nitrogens with zero attached hydrogens (tertiary/aromatic N) is 1.